The second kappa shape index (κ2) is 13.2. The number of alkyl halides is 3. The summed E-state index contributed by atoms with van der Waals surface area (Å²) in [6.07, 6.45) is -2.93. The average molecular weight is 787 g/mol. The Bertz CT molecular complexity index is 2530. The Hall–Kier alpha value is -5.40. The molecule has 0 radical (unpaired) electrons. The van der Waals surface area contributed by atoms with Crippen molar-refractivity contribution in [3.8, 4) is 17.1 Å². The molecule has 2 amide bonds. The molecule has 2 aromatic carbocycles. The molecule has 5 heterocycles. The van der Waals surface area contributed by atoms with Gasteiger partial charge >= 0.3 is 6.18 Å². The molecule has 0 bridgehead atoms. The lowest BCUT2D eigenvalue weighted by Crippen LogP contribution is -2.47. The van der Waals surface area contributed by atoms with Gasteiger partial charge in [0.2, 0.25) is 11.7 Å². The normalized spacial score (nSPS) is 16.9. The Morgan fingerprint density at radius 1 is 1.11 bits per heavy atom. The number of hydrogen-bond acceptors (Lipinski definition) is 11. The van der Waals surface area contributed by atoms with Gasteiger partial charge in [-0.1, -0.05) is 11.6 Å². The van der Waals surface area contributed by atoms with E-state index in [1.165, 1.54) is 47.0 Å². The first-order chi connectivity index (χ1) is 25.4. The predicted molar refractivity (Wildman–Crippen MR) is 186 cm³/mol. The van der Waals surface area contributed by atoms with Crippen molar-refractivity contribution in [2.75, 3.05) is 24.7 Å². The highest BCUT2D eigenvalue weighted by Gasteiger charge is 2.50. The Balaban J connectivity index is 1.29. The molecule has 0 aliphatic carbocycles. The topological polar surface area (TPSA) is 191 Å². The van der Waals surface area contributed by atoms with Crippen molar-refractivity contribution in [1.29, 1.82) is 0 Å². The summed E-state index contributed by atoms with van der Waals surface area (Å²) in [5, 5.41) is 17.1. The number of fused-ring (bicyclic) bond motifs is 3. The quantitative estimate of drug-likeness (QED) is 0.250. The molecule has 0 unspecified atom stereocenters. The van der Waals surface area contributed by atoms with E-state index in [1.807, 2.05) is 0 Å². The zero-order valence-corrected chi connectivity index (χ0v) is 30.3. The number of hydrogen-bond donors (Lipinski definition) is 2. The number of sulfone groups is 1. The van der Waals surface area contributed by atoms with E-state index in [0.717, 1.165) is 22.9 Å². The van der Waals surface area contributed by atoms with E-state index in [9.17, 15) is 41.1 Å². The van der Waals surface area contributed by atoms with Gasteiger partial charge in [-0.05, 0) is 69.2 Å². The minimum absolute atomic E-state index is 0.0405. The van der Waals surface area contributed by atoms with Crippen LogP contribution in [0.5, 0.6) is 5.75 Å². The minimum Gasteiger partial charge on any atom is -0.504 e. The zero-order valence-electron chi connectivity index (χ0n) is 28.7. The summed E-state index contributed by atoms with van der Waals surface area (Å²) in [4.78, 5) is 55.3. The number of anilines is 1. The molecule has 1 atom stereocenters. The maximum absolute atomic E-state index is 14.4. The van der Waals surface area contributed by atoms with Gasteiger partial charge in [0, 0.05) is 24.9 Å². The minimum atomic E-state index is -4.66. The number of ether oxygens (including phenoxy) is 1. The third-order valence-electron chi connectivity index (χ3n) is 9.51. The SMILES string of the molecule is Cc1ncnc(C(=O)N2CCC3(CC2)O[C@H](C)c2c3c(=O)n3nc(-c4ccc(S(C)(=O)=O)cc4)nc3n2CC(=O)Nc2ccc(C(F)(F)F)cc2Cl)c1O. The molecule has 2 N–H and O–H groups in total. The van der Waals surface area contributed by atoms with Gasteiger partial charge in [0.05, 0.1) is 44.2 Å². The Morgan fingerprint density at radius 3 is 2.43 bits per heavy atom. The summed E-state index contributed by atoms with van der Waals surface area (Å²) in [5.41, 5.74) is -2.00. The van der Waals surface area contributed by atoms with Crippen molar-refractivity contribution in [2.24, 2.45) is 0 Å². The number of nitrogens with one attached hydrogen (secondary N) is 1. The lowest BCUT2D eigenvalue weighted by molar-refractivity contribution is -0.137. The second-order valence-electron chi connectivity index (χ2n) is 13.0. The molecule has 1 fully saturated rings. The van der Waals surface area contributed by atoms with Gasteiger partial charge in [-0.15, -0.1) is 5.10 Å². The van der Waals surface area contributed by atoms with Gasteiger partial charge in [-0.25, -0.2) is 18.4 Å². The molecule has 20 heteroatoms. The van der Waals surface area contributed by atoms with Crippen molar-refractivity contribution in [3.63, 3.8) is 0 Å². The third-order valence-corrected chi connectivity index (χ3v) is 10.9. The summed E-state index contributed by atoms with van der Waals surface area (Å²) in [7, 11) is -3.52. The van der Waals surface area contributed by atoms with Crippen LogP contribution in [0.3, 0.4) is 0 Å². The van der Waals surface area contributed by atoms with Gasteiger partial charge in [-0.3, -0.25) is 14.4 Å². The fourth-order valence-corrected chi connectivity index (χ4v) is 7.70. The first-order valence-electron chi connectivity index (χ1n) is 16.4. The van der Waals surface area contributed by atoms with Crippen LogP contribution >= 0.6 is 11.6 Å². The van der Waals surface area contributed by atoms with Crippen LogP contribution in [0.4, 0.5) is 18.9 Å². The number of aryl methyl sites for hydroxylation is 1. The van der Waals surface area contributed by atoms with Gasteiger partial charge in [-0.2, -0.15) is 22.7 Å². The lowest BCUT2D eigenvalue weighted by Gasteiger charge is -2.39. The lowest BCUT2D eigenvalue weighted by atomic mass is 9.85. The highest BCUT2D eigenvalue weighted by atomic mass is 35.5. The molecule has 3 aromatic heterocycles. The van der Waals surface area contributed by atoms with Crippen LogP contribution < -0.4 is 10.9 Å². The third kappa shape index (κ3) is 6.45. The molecule has 0 saturated carbocycles. The smallest absolute Gasteiger partial charge is 0.416 e. The van der Waals surface area contributed by atoms with Crippen LogP contribution in [0.1, 0.15) is 58.9 Å². The van der Waals surface area contributed by atoms with E-state index in [-0.39, 0.29) is 75.8 Å². The molecule has 1 saturated heterocycles. The number of amides is 2. The molecule has 1 spiro atoms. The number of piperidine rings is 1. The fraction of sp³-hybridized carbons (Fsp3) is 0.324. The zero-order chi connectivity index (χ0) is 38.9. The molecular formula is C34H30ClF3N8O7S. The van der Waals surface area contributed by atoms with E-state index in [2.05, 4.69) is 25.4 Å². The number of likely N-dealkylation sites (tertiary alicyclic amines) is 1. The van der Waals surface area contributed by atoms with Gasteiger partial charge in [0.25, 0.3) is 11.5 Å². The van der Waals surface area contributed by atoms with Crippen molar-refractivity contribution < 1.29 is 41.0 Å². The Morgan fingerprint density at radius 2 is 1.80 bits per heavy atom. The number of carbonyl (C=O) groups excluding carboxylic acids is 2. The van der Waals surface area contributed by atoms with Crippen molar-refractivity contribution >= 4 is 44.7 Å². The van der Waals surface area contributed by atoms with Gasteiger partial charge in [0.1, 0.15) is 18.5 Å². The maximum Gasteiger partial charge on any atom is 0.416 e. The summed E-state index contributed by atoms with van der Waals surface area (Å²) in [6, 6.07) is 8.19. The average Bonchev–Trinajstić information content (AvgIpc) is 3.68. The highest BCUT2D eigenvalue weighted by Crippen LogP contribution is 2.48. The number of rotatable bonds is 6. The number of aromatic hydroxyl groups is 1. The van der Waals surface area contributed by atoms with Gasteiger partial charge in [0.15, 0.2) is 27.1 Å². The summed E-state index contributed by atoms with van der Waals surface area (Å²) < 4.78 is 72.8. The first kappa shape index (κ1) is 36.9. The molecular weight excluding hydrogens is 757 g/mol. The first-order valence-corrected chi connectivity index (χ1v) is 18.6. The Kier molecular flexibility index (Phi) is 9.01. The van der Waals surface area contributed by atoms with E-state index < -0.39 is 57.2 Å². The Labute approximate surface area is 309 Å². The number of nitrogens with zero attached hydrogens (tertiary/aromatic N) is 7. The molecule has 282 valence electrons. The highest BCUT2D eigenvalue weighted by molar-refractivity contribution is 7.90. The molecule has 5 aromatic rings. The van der Waals surface area contributed by atoms with E-state index in [0.29, 0.717) is 17.3 Å². The van der Waals surface area contributed by atoms with Crippen molar-refractivity contribution in [2.45, 2.75) is 56.0 Å². The molecule has 2 aliphatic rings. The summed E-state index contributed by atoms with van der Waals surface area (Å²) in [5.74, 6) is -1.62. The fourth-order valence-electron chi connectivity index (χ4n) is 6.84. The largest absolute Gasteiger partial charge is 0.504 e. The van der Waals surface area contributed by atoms with Crippen LogP contribution in [0.2, 0.25) is 5.02 Å². The number of halogens is 4. The van der Waals surface area contributed by atoms with Crippen LogP contribution in [-0.2, 0) is 37.7 Å². The molecule has 54 heavy (non-hydrogen) atoms. The predicted octanol–water partition coefficient (Wildman–Crippen LogP) is 4.30. The summed E-state index contributed by atoms with van der Waals surface area (Å²) in [6.45, 7) is 2.93. The van der Waals surface area contributed by atoms with E-state index in [1.54, 1.807) is 6.92 Å². The van der Waals surface area contributed by atoms with Crippen molar-refractivity contribution in [1.82, 2.24) is 34.0 Å². The van der Waals surface area contributed by atoms with Crippen LogP contribution in [0.25, 0.3) is 17.2 Å². The monoisotopic (exact) mass is 786 g/mol. The van der Waals surface area contributed by atoms with E-state index in [4.69, 9.17) is 16.3 Å². The maximum atomic E-state index is 14.4. The van der Waals surface area contributed by atoms with E-state index >= 15 is 0 Å². The number of benzene rings is 2. The standard InChI is InChI=1S/C34H30ClF3N8O7S/c1-17-28(48)26(40-16-39-17)31(50)44-12-10-33(11-13-44)25-27(18(2)53-33)45(15-24(47)41-23-9-6-20(14-22(23)35)34(36,37)38)32-42-29(43-46(32)30(25)49)19-4-7-21(8-5-19)54(3,51)52/h4-9,14,16,18,48H,10-13,15H2,1-3H3,(H,41,47)/t18-/m1/s1. The number of carbonyl (C=O) groups is 2. The van der Waals surface area contributed by atoms with Crippen molar-refractivity contribution in [3.05, 3.63) is 92.4 Å². The number of aromatic nitrogens is 6. The molecule has 2 aliphatic heterocycles. The van der Waals surface area contributed by atoms with Gasteiger partial charge < -0.3 is 24.6 Å². The molecule has 15 nitrogen and oxygen atoms in total. The summed E-state index contributed by atoms with van der Waals surface area (Å²) >= 11 is 6.12. The van der Waals surface area contributed by atoms with Crippen LogP contribution in [-0.4, -0.2) is 78.7 Å². The molecule has 7 rings (SSSR count). The van der Waals surface area contributed by atoms with Crippen LogP contribution in [0, 0.1) is 6.92 Å². The second-order valence-corrected chi connectivity index (χ2v) is 15.5. The van der Waals surface area contributed by atoms with Crippen LogP contribution in [0.15, 0.2) is 58.5 Å².